The molecule has 0 aromatic rings. The van der Waals surface area contributed by atoms with E-state index in [-0.39, 0.29) is 42.0 Å². The summed E-state index contributed by atoms with van der Waals surface area (Å²) in [6.45, 7) is 11.8. The molecule has 5 nitrogen and oxygen atoms in total. The summed E-state index contributed by atoms with van der Waals surface area (Å²) in [4.78, 5) is 12.3. The molecule has 2 aliphatic heterocycles. The van der Waals surface area contributed by atoms with Crippen LogP contribution in [0.25, 0.3) is 0 Å². The first-order valence-electron chi connectivity index (χ1n) is 10.5. The molecule has 0 radical (unpaired) electrons. The average molecular weight is 371 g/mol. The van der Waals surface area contributed by atoms with E-state index < -0.39 is 11.2 Å². The Morgan fingerprint density at radius 2 is 1.54 bits per heavy atom. The minimum absolute atomic E-state index is 0.133. The van der Waals surface area contributed by atoms with E-state index in [1.165, 1.54) is 0 Å². The summed E-state index contributed by atoms with van der Waals surface area (Å²) in [7, 11) is 0. The minimum Gasteiger partial charge on any atom is -0.459 e. The Bertz CT molecular complexity index is 483. The molecular formula is C21H38O5. The van der Waals surface area contributed by atoms with Crippen LogP contribution in [0.4, 0.5) is 0 Å². The Morgan fingerprint density at radius 3 is 2.00 bits per heavy atom. The number of rotatable bonds is 9. The third kappa shape index (κ3) is 3.55. The van der Waals surface area contributed by atoms with Gasteiger partial charge in [0.25, 0.3) is 0 Å². The lowest BCUT2D eigenvalue weighted by Gasteiger charge is -2.48. The largest absolute Gasteiger partial charge is 0.459 e. The van der Waals surface area contributed by atoms with E-state index in [0.29, 0.717) is 32.1 Å². The summed E-state index contributed by atoms with van der Waals surface area (Å²) in [6.07, 6.45) is 2.94. The first-order valence-corrected chi connectivity index (χ1v) is 10.5. The molecule has 2 rings (SSSR count). The smallest absolute Gasteiger partial charge is 0.309 e. The second kappa shape index (κ2) is 8.15. The molecule has 26 heavy (non-hydrogen) atoms. The van der Waals surface area contributed by atoms with Crippen molar-refractivity contribution >= 4 is 5.97 Å². The number of hydrogen-bond acceptors (Lipinski definition) is 5. The fraction of sp³-hybridized carbons (Fsp3) is 0.952. The molecule has 2 saturated heterocycles. The van der Waals surface area contributed by atoms with E-state index in [1.807, 2.05) is 41.5 Å². The summed E-state index contributed by atoms with van der Waals surface area (Å²) in [6, 6.07) is 0. The molecule has 0 amide bonds. The maximum atomic E-state index is 12.3. The molecule has 0 saturated carbocycles. The highest BCUT2D eigenvalue weighted by molar-refractivity contribution is 5.72. The zero-order valence-corrected chi connectivity index (χ0v) is 17.3. The van der Waals surface area contributed by atoms with Gasteiger partial charge in [0, 0.05) is 18.3 Å². The van der Waals surface area contributed by atoms with Gasteiger partial charge < -0.3 is 19.7 Å². The van der Waals surface area contributed by atoms with Crippen LogP contribution in [0.5, 0.6) is 0 Å². The molecule has 0 spiro atoms. The van der Waals surface area contributed by atoms with Gasteiger partial charge in [-0.2, -0.15) is 0 Å². The Morgan fingerprint density at radius 1 is 1.04 bits per heavy atom. The number of aliphatic hydroxyl groups is 2. The van der Waals surface area contributed by atoms with Gasteiger partial charge >= 0.3 is 5.97 Å². The van der Waals surface area contributed by atoms with Gasteiger partial charge in [0.15, 0.2) is 0 Å². The molecule has 2 heterocycles. The number of carbonyl (C=O) groups excluding carboxylic acids is 1. The highest BCUT2D eigenvalue weighted by Crippen LogP contribution is 2.55. The Kier molecular flexibility index (Phi) is 6.79. The van der Waals surface area contributed by atoms with Gasteiger partial charge in [-0.15, -0.1) is 0 Å². The Hall–Kier alpha value is -0.650. The molecule has 6 unspecified atom stereocenters. The van der Waals surface area contributed by atoms with Gasteiger partial charge in [-0.25, -0.2) is 0 Å². The molecule has 0 aromatic heterocycles. The molecule has 0 aromatic carbocycles. The van der Waals surface area contributed by atoms with E-state index in [0.717, 1.165) is 6.42 Å². The van der Waals surface area contributed by atoms with Crippen molar-refractivity contribution < 1.29 is 24.5 Å². The monoisotopic (exact) mass is 370 g/mol. The van der Waals surface area contributed by atoms with Crippen molar-refractivity contribution in [2.75, 3.05) is 0 Å². The molecule has 0 aliphatic carbocycles. The van der Waals surface area contributed by atoms with Crippen LogP contribution in [0.15, 0.2) is 0 Å². The summed E-state index contributed by atoms with van der Waals surface area (Å²) < 4.78 is 12.0. The zero-order valence-electron chi connectivity index (χ0n) is 17.3. The quantitative estimate of drug-likeness (QED) is 0.608. The lowest BCUT2D eigenvalue weighted by molar-refractivity contribution is -0.167. The Balaban J connectivity index is 2.32. The van der Waals surface area contributed by atoms with Crippen LogP contribution >= 0.6 is 0 Å². The van der Waals surface area contributed by atoms with Crippen LogP contribution in [0.2, 0.25) is 0 Å². The van der Waals surface area contributed by atoms with Crippen LogP contribution in [-0.4, -0.2) is 45.7 Å². The molecule has 2 N–H and O–H groups in total. The fourth-order valence-electron chi connectivity index (χ4n) is 5.00. The summed E-state index contributed by atoms with van der Waals surface area (Å²) in [5.41, 5.74) is -1.79. The van der Waals surface area contributed by atoms with E-state index in [2.05, 4.69) is 0 Å². The van der Waals surface area contributed by atoms with Gasteiger partial charge in [-0.1, -0.05) is 41.5 Å². The van der Waals surface area contributed by atoms with E-state index >= 15 is 0 Å². The van der Waals surface area contributed by atoms with Gasteiger partial charge in [0.2, 0.25) is 0 Å². The molecule has 152 valence electrons. The minimum atomic E-state index is -0.927. The number of esters is 1. The van der Waals surface area contributed by atoms with Crippen LogP contribution in [0.3, 0.4) is 0 Å². The average Bonchev–Trinajstić information content (AvgIpc) is 3.24. The highest BCUT2D eigenvalue weighted by Gasteiger charge is 2.65. The van der Waals surface area contributed by atoms with Crippen LogP contribution in [0.1, 0.15) is 80.1 Å². The normalized spacial score (nSPS) is 32.7. The second-order valence-corrected chi connectivity index (χ2v) is 8.33. The first-order chi connectivity index (χ1) is 12.2. The third-order valence-electron chi connectivity index (χ3n) is 7.28. The summed E-state index contributed by atoms with van der Waals surface area (Å²) in [5, 5.41) is 22.6. The SMILES string of the molecule is CCC(C)C(=O)OC1CC2OC1C(C(O)(CC)CC)C2C(O)(CC)CC. The van der Waals surface area contributed by atoms with Crippen molar-refractivity contribution in [2.24, 2.45) is 17.8 Å². The first kappa shape index (κ1) is 21.6. The number of hydrogen-bond donors (Lipinski definition) is 2. The molecule has 6 atom stereocenters. The predicted molar refractivity (Wildman–Crippen MR) is 101 cm³/mol. The molecule has 2 aliphatic rings. The van der Waals surface area contributed by atoms with E-state index in [1.54, 1.807) is 0 Å². The zero-order chi connectivity index (χ0) is 19.7. The molecule has 2 fully saturated rings. The topological polar surface area (TPSA) is 76.0 Å². The van der Waals surface area contributed by atoms with Gasteiger partial charge in [-0.05, 0) is 32.1 Å². The van der Waals surface area contributed by atoms with E-state index in [9.17, 15) is 15.0 Å². The van der Waals surface area contributed by atoms with Crippen molar-refractivity contribution in [1.82, 2.24) is 0 Å². The predicted octanol–water partition coefficient (Wildman–Crippen LogP) is 3.45. The Labute approximate surface area is 158 Å². The van der Waals surface area contributed by atoms with Crippen molar-refractivity contribution in [2.45, 2.75) is 110 Å². The van der Waals surface area contributed by atoms with Crippen molar-refractivity contribution in [3.63, 3.8) is 0 Å². The molecular weight excluding hydrogens is 332 g/mol. The number of ether oxygens (including phenoxy) is 2. The second-order valence-electron chi connectivity index (χ2n) is 8.33. The van der Waals surface area contributed by atoms with Crippen LogP contribution < -0.4 is 0 Å². The van der Waals surface area contributed by atoms with Crippen molar-refractivity contribution in [1.29, 1.82) is 0 Å². The van der Waals surface area contributed by atoms with Gasteiger partial charge in [0.05, 0.1) is 23.2 Å². The lowest BCUT2D eigenvalue weighted by atomic mass is 9.60. The van der Waals surface area contributed by atoms with Crippen LogP contribution in [0, 0.1) is 17.8 Å². The third-order valence-corrected chi connectivity index (χ3v) is 7.28. The van der Waals surface area contributed by atoms with Crippen LogP contribution in [-0.2, 0) is 14.3 Å². The van der Waals surface area contributed by atoms with Gasteiger partial charge in [0.1, 0.15) is 12.2 Å². The fourth-order valence-corrected chi connectivity index (χ4v) is 5.00. The number of carbonyl (C=O) groups is 1. The number of fused-ring (bicyclic) bond motifs is 2. The summed E-state index contributed by atoms with van der Waals surface area (Å²) in [5.74, 6) is -0.689. The van der Waals surface area contributed by atoms with Crippen molar-refractivity contribution in [3.05, 3.63) is 0 Å². The van der Waals surface area contributed by atoms with E-state index in [4.69, 9.17) is 9.47 Å². The highest BCUT2D eigenvalue weighted by atomic mass is 16.6. The molecule has 5 heteroatoms. The summed E-state index contributed by atoms with van der Waals surface area (Å²) >= 11 is 0. The van der Waals surface area contributed by atoms with Crippen molar-refractivity contribution in [3.8, 4) is 0 Å². The lowest BCUT2D eigenvalue weighted by Crippen LogP contribution is -2.57. The maximum Gasteiger partial charge on any atom is 0.309 e. The molecule has 2 bridgehead atoms. The standard InChI is InChI=1S/C21H38O5/c1-7-13(6)19(22)26-15-12-14-16(20(23,8-2)9-3)17(18(15)25-14)21(24,10-4)11-5/h13-18,23-24H,7-12H2,1-6H3. The maximum absolute atomic E-state index is 12.3. The van der Waals surface area contributed by atoms with Gasteiger partial charge in [-0.3, -0.25) is 4.79 Å².